The van der Waals surface area contributed by atoms with E-state index in [4.69, 9.17) is 4.74 Å². The molecule has 0 spiro atoms. The zero-order chi connectivity index (χ0) is 14.6. The van der Waals surface area contributed by atoms with Gasteiger partial charge >= 0.3 is 0 Å². The summed E-state index contributed by atoms with van der Waals surface area (Å²) in [4.78, 5) is 0. The van der Waals surface area contributed by atoms with E-state index < -0.39 is 0 Å². The normalized spacial score (nSPS) is 13.6. The fourth-order valence-corrected chi connectivity index (χ4v) is 2.32. The predicted molar refractivity (Wildman–Crippen MR) is 77.9 cm³/mol. The Morgan fingerprint density at radius 2 is 1.79 bits per heavy atom. The van der Waals surface area contributed by atoms with Gasteiger partial charge in [-0.25, -0.2) is 4.39 Å². The molecule has 1 N–H and O–H groups in total. The predicted octanol–water partition coefficient (Wildman–Crippen LogP) is 3.74. The van der Waals surface area contributed by atoms with Crippen LogP contribution in [-0.2, 0) is 11.3 Å². The van der Waals surface area contributed by atoms with E-state index in [2.05, 4.69) is 26.1 Å². The SMILES string of the molecule is COC(C)(C)CC(C)NCc1cc(C)c(F)c(C)c1. The van der Waals surface area contributed by atoms with Crippen molar-refractivity contribution in [2.75, 3.05) is 7.11 Å². The van der Waals surface area contributed by atoms with Gasteiger partial charge in [0.15, 0.2) is 0 Å². The first kappa shape index (κ1) is 16.1. The minimum Gasteiger partial charge on any atom is -0.379 e. The highest BCUT2D eigenvalue weighted by atomic mass is 19.1. The molecule has 108 valence electrons. The molecule has 0 aliphatic heterocycles. The zero-order valence-corrected chi connectivity index (χ0v) is 12.9. The maximum absolute atomic E-state index is 13.5. The van der Waals surface area contributed by atoms with Crippen molar-refractivity contribution in [2.45, 2.75) is 59.2 Å². The highest BCUT2D eigenvalue weighted by Crippen LogP contribution is 2.17. The summed E-state index contributed by atoms with van der Waals surface area (Å²) in [7, 11) is 1.74. The summed E-state index contributed by atoms with van der Waals surface area (Å²) in [5.74, 6) is -0.0997. The van der Waals surface area contributed by atoms with Gasteiger partial charge in [-0.2, -0.15) is 0 Å². The number of hydrogen-bond donors (Lipinski definition) is 1. The third-order valence-electron chi connectivity index (χ3n) is 3.50. The van der Waals surface area contributed by atoms with E-state index in [1.165, 1.54) is 0 Å². The molecule has 1 aromatic rings. The van der Waals surface area contributed by atoms with Crippen molar-refractivity contribution in [3.63, 3.8) is 0 Å². The van der Waals surface area contributed by atoms with Crippen LogP contribution in [0.3, 0.4) is 0 Å². The Morgan fingerprint density at radius 3 is 2.26 bits per heavy atom. The molecule has 2 nitrogen and oxygen atoms in total. The largest absolute Gasteiger partial charge is 0.379 e. The van der Waals surface area contributed by atoms with E-state index >= 15 is 0 Å². The first-order valence-corrected chi connectivity index (χ1v) is 6.79. The molecule has 1 rings (SSSR count). The summed E-state index contributed by atoms with van der Waals surface area (Å²) in [6.07, 6.45) is 0.933. The number of ether oxygens (including phenoxy) is 1. The van der Waals surface area contributed by atoms with Crippen LogP contribution >= 0.6 is 0 Å². The highest BCUT2D eigenvalue weighted by Gasteiger charge is 2.19. The standard InChI is InChI=1S/C16H26FNO/c1-11-7-14(8-12(2)15(11)17)10-18-13(3)9-16(4,5)19-6/h7-8,13,18H,9-10H2,1-6H3. The van der Waals surface area contributed by atoms with Gasteiger partial charge in [-0.3, -0.25) is 0 Å². The molecule has 1 unspecified atom stereocenters. The second kappa shape index (κ2) is 6.49. The summed E-state index contributed by atoms with van der Waals surface area (Å²) >= 11 is 0. The van der Waals surface area contributed by atoms with Crippen LogP contribution in [0.5, 0.6) is 0 Å². The van der Waals surface area contributed by atoms with Gasteiger partial charge in [0.1, 0.15) is 5.82 Å². The average molecular weight is 267 g/mol. The van der Waals surface area contributed by atoms with E-state index in [9.17, 15) is 4.39 Å². The first-order valence-electron chi connectivity index (χ1n) is 6.79. The summed E-state index contributed by atoms with van der Waals surface area (Å²) < 4.78 is 19.0. The Balaban J connectivity index is 2.58. The molecule has 19 heavy (non-hydrogen) atoms. The van der Waals surface area contributed by atoms with Crippen LogP contribution < -0.4 is 5.32 Å². The van der Waals surface area contributed by atoms with E-state index in [0.717, 1.165) is 18.5 Å². The van der Waals surface area contributed by atoms with Gasteiger partial charge in [0.05, 0.1) is 5.60 Å². The lowest BCUT2D eigenvalue weighted by atomic mass is 9.99. The fraction of sp³-hybridized carbons (Fsp3) is 0.625. The van der Waals surface area contributed by atoms with Crippen LogP contribution in [0.4, 0.5) is 4.39 Å². The van der Waals surface area contributed by atoms with Crippen molar-refractivity contribution < 1.29 is 9.13 Å². The van der Waals surface area contributed by atoms with Gasteiger partial charge in [0.25, 0.3) is 0 Å². The van der Waals surface area contributed by atoms with Crippen LogP contribution in [0, 0.1) is 19.7 Å². The topological polar surface area (TPSA) is 21.3 Å². The molecular formula is C16H26FNO. The van der Waals surface area contributed by atoms with Crippen LogP contribution in [0.25, 0.3) is 0 Å². The molecule has 0 amide bonds. The molecule has 1 aromatic carbocycles. The van der Waals surface area contributed by atoms with Crippen molar-refractivity contribution in [3.05, 3.63) is 34.6 Å². The smallest absolute Gasteiger partial charge is 0.129 e. The van der Waals surface area contributed by atoms with Crippen molar-refractivity contribution in [1.82, 2.24) is 5.32 Å². The minimum atomic E-state index is -0.124. The molecule has 0 heterocycles. The maximum Gasteiger partial charge on any atom is 0.129 e. The first-order chi connectivity index (χ1) is 8.75. The summed E-state index contributed by atoms with van der Waals surface area (Å²) in [5.41, 5.74) is 2.42. The molecule has 0 fully saturated rings. The van der Waals surface area contributed by atoms with Gasteiger partial charge in [0, 0.05) is 19.7 Å². The van der Waals surface area contributed by atoms with Crippen molar-refractivity contribution >= 4 is 0 Å². The Kier molecular flexibility index (Phi) is 5.50. The quantitative estimate of drug-likeness (QED) is 0.848. The van der Waals surface area contributed by atoms with Crippen LogP contribution in [0.1, 0.15) is 43.9 Å². The molecule has 3 heteroatoms. The maximum atomic E-state index is 13.5. The van der Waals surface area contributed by atoms with Gasteiger partial charge in [-0.05, 0) is 57.7 Å². The minimum absolute atomic E-state index is 0.0997. The number of methoxy groups -OCH3 is 1. The summed E-state index contributed by atoms with van der Waals surface area (Å²) in [5, 5.41) is 3.46. The number of hydrogen-bond acceptors (Lipinski definition) is 2. The zero-order valence-electron chi connectivity index (χ0n) is 12.9. The third kappa shape index (κ3) is 4.92. The van der Waals surface area contributed by atoms with Crippen LogP contribution in [-0.4, -0.2) is 18.8 Å². The molecule has 0 aliphatic rings. The Hall–Kier alpha value is -0.930. The lowest BCUT2D eigenvalue weighted by molar-refractivity contribution is 0.00844. The Bertz CT molecular complexity index is 406. The van der Waals surface area contributed by atoms with E-state index in [0.29, 0.717) is 17.2 Å². The number of nitrogens with one attached hydrogen (secondary N) is 1. The van der Waals surface area contributed by atoms with Crippen LogP contribution in [0.15, 0.2) is 12.1 Å². The van der Waals surface area contributed by atoms with Gasteiger partial charge in [-0.15, -0.1) is 0 Å². The molecule has 0 aromatic heterocycles. The molecule has 0 saturated heterocycles. The second-order valence-electron chi connectivity index (χ2n) is 5.99. The molecule has 0 bridgehead atoms. The highest BCUT2D eigenvalue weighted by molar-refractivity contribution is 5.30. The lowest BCUT2D eigenvalue weighted by Crippen LogP contribution is -2.35. The van der Waals surface area contributed by atoms with Crippen LogP contribution in [0.2, 0.25) is 0 Å². The second-order valence-corrected chi connectivity index (χ2v) is 5.99. The molecular weight excluding hydrogens is 241 g/mol. The fourth-order valence-electron chi connectivity index (χ4n) is 2.32. The summed E-state index contributed by atoms with van der Waals surface area (Å²) in [6, 6.07) is 4.16. The van der Waals surface area contributed by atoms with Crippen molar-refractivity contribution in [3.8, 4) is 0 Å². The lowest BCUT2D eigenvalue weighted by Gasteiger charge is -2.27. The monoisotopic (exact) mass is 267 g/mol. The summed E-state index contributed by atoms with van der Waals surface area (Å²) in [6.45, 7) is 10.7. The number of aryl methyl sites for hydroxylation is 2. The Labute approximate surface area is 116 Å². The van der Waals surface area contributed by atoms with Gasteiger partial charge < -0.3 is 10.1 Å². The van der Waals surface area contributed by atoms with Gasteiger partial charge in [0.2, 0.25) is 0 Å². The number of rotatable bonds is 6. The average Bonchev–Trinajstić information content (AvgIpc) is 2.32. The molecule has 1 atom stereocenters. The van der Waals surface area contributed by atoms with Gasteiger partial charge in [-0.1, -0.05) is 12.1 Å². The molecule has 0 saturated carbocycles. The number of halogens is 1. The van der Waals surface area contributed by atoms with E-state index in [1.807, 2.05) is 26.0 Å². The van der Waals surface area contributed by atoms with Crippen molar-refractivity contribution in [1.29, 1.82) is 0 Å². The van der Waals surface area contributed by atoms with Crippen molar-refractivity contribution in [2.24, 2.45) is 0 Å². The third-order valence-corrected chi connectivity index (χ3v) is 3.50. The van der Waals surface area contributed by atoms with E-state index in [-0.39, 0.29) is 11.4 Å². The number of benzene rings is 1. The Morgan fingerprint density at radius 1 is 1.26 bits per heavy atom. The van der Waals surface area contributed by atoms with E-state index in [1.54, 1.807) is 7.11 Å². The molecule has 0 radical (unpaired) electrons. The molecule has 0 aliphatic carbocycles.